The van der Waals surface area contributed by atoms with E-state index in [0.717, 1.165) is 19.5 Å². The Labute approximate surface area is 90.7 Å². The first kappa shape index (κ1) is 10.6. The summed E-state index contributed by atoms with van der Waals surface area (Å²) in [6.45, 7) is 4.26. The largest absolute Gasteiger partial charge is 0.316 e. The summed E-state index contributed by atoms with van der Waals surface area (Å²) in [6, 6.07) is 6.92. The van der Waals surface area contributed by atoms with Crippen LogP contribution in [0.1, 0.15) is 25.3 Å². The number of hydrogen-bond donors (Lipinski definition) is 1. The first-order valence-electron chi connectivity index (χ1n) is 5.69. The van der Waals surface area contributed by atoms with E-state index in [0.29, 0.717) is 5.41 Å². The van der Waals surface area contributed by atoms with E-state index >= 15 is 0 Å². The van der Waals surface area contributed by atoms with E-state index in [1.54, 1.807) is 12.1 Å². The molecule has 1 aliphatic rings. The Morgan fingerprint density at radius 1 is 1.27 bits per heavy atom. The molecule has 1 saturated carbocycles. The van der Waals surface area contributed by atoms with Crippen LogP contribution >= 0.6 is 0 Å². The lowest BCUT2D eigenvalue weighted by Gasteiger charge is -2.15. The Balaban J connectivity index is 1.93. The lowest BCUT2D eigenvalue weighted by Crippen LogP contribution is -2.25. The van der Waals surface area contributed by atoms with E-state index in [9.17, 15) is 4.39 Å². The van der Waals surface area contributed by atoms with Gasteiger partial charge < -0.3 is 5.32 Å². The maximum absolute atomic E-state index is 12.7. The maximum Gasteiger partial charge on any atom is 0.123 e. The topological polar surface area (TPSA) is 12.0 Å². The standard InChI is InChI=1S/C13H18FN/c1-2-15-10-13(7-8-13)9-11-3-5-12(14)6-4-11/h3-6,15H,2,7-10H2,1H3. The molecule has 0 amide bonds. The van der Waals surface area contributed by atoms with Crippen molar-refractivity contribution in [1.82, 2.24) is 5.32 Å². The van der Waals surface area contributed by atoms with Crippen LogP contribution in [0.15, 0.2) is 24.3 Å². The molecule has 0 aliphatic heterocycles. The van der Waals surface area contributed by atoms with Gasteiger partial charge in [0.15, 0.2) is 0 Å². The van der Waals surface area contributed by atoms with Crippen LogP contribution in [0.5, 0.6) is 0 Å². The second-order valence-electron chi connectivity index (χ2n) is 4.58. The van der Waals surface area contributed by atoms with Gasteiger partial charge >= 0.3 is 0 Å². The molecule has 0 atom stereocenters. The molecule has 1 nitrogen and oxygen atoms in total. The Hall–Kier alpha value is -0.890. The highest BCUT2D eigenvalue weighted by molar-refractivity contribution is 5.19. The van der Waals surface area contributed by atoms with Crippen molar-refractivity contribution in [2.45, 2.75) is 26.2 Å². The van der Waals surface area contributed by atoms with Crippen LogP contribution in [0.3, 0.4) is 0 Å². The van der Waals surface area contributed by atoms with Gasteiger partial charge in [-0.1, -0.05) is 19.1 Å². The third-order valence-electron chi connectivity index (χ3n) is 3.20. The smallest absolute Gasteiger partial charge is 0.123 e. The summed E-state index contributed by atoms with van der Waals surface area (Å²) >= 11 is 0. The summed E-state index contributed by atoms with van der Waals surface area (Å²) in [6.07, 6.45) is 3.69. The minimum absolute atomic E-state index is 0.143. The highest BCUT2D eigenvalue weighted by Gasteiger charge is 2.41. The summed E-state index contributed by atoms with van der Waals surface area (Å²) in [5, 5.41) is 3.41. The lowest BCUT2D eigenvalue weighted by atomic mass is 9.96. The Bertz CT molecular complexity index is 314. The molecule has 0 heterocycles. The molecule has 0 saturated heterocycles. The van der Waals surface area contributed by atoms with Crippen LogP contribution in [-0.4, -0.2) is 13.1 Å². The molecular weight excluding hydrogens is 189 g/mol. The zero-order valence-electron chi connectivity index (χ0n) is 9.22. The van der Waals surface area contributed by atoms with Gasteiger partial charge in [0.05, 0.1) is 0 Å². The van der Waals surface area contributed by atoms with Crippen LogP contribution in [0.2, 0.25) is 0 Å². The molecule has 15 heavy (non-hydrogen) atoms. The summed E-state index contributed by atoms with van der Waals surface area (Å²) < 4.78 is 12.7. The number of nitrogens with one attached hydrogen (secondary N) is 1. The van der Waals surface area contributed by atoms with E-state index in [-0.39, 0.29) is 5.82 Å². The minimum Gasteiger partial charge on any atom is -0.316 e. The number of hydrogen-bond acceptors (Lipinski definition) is 1. The number of benzene rings is 1. The molecule has 82 valence electrons. The molecule has 1 aromatic carbocycles. The summed E-state index contributed by atoms with van der Waals surface area (Å²) in [5.74, 6) is -0.143. The van der Waals surface area contributed by atoms with Crippen molar-refractivity contribution in [2.75, 3.05) is 13.1 Å². The SMILES string of the molecule is CCNCC1(Cc2ccc(F)cc2)CC1. The van der Waals surface area contributed by atoms with E-state index in [1.807, 2.05) is 12.1 Å². The first-order valence-corrected chi connectivity index (χ1v) is 5.69. The van der Waals surface area contributed by atoms with Crippen LogP contribution in [0.25, 0.3) is 0 Å². The van der Waals surface area contributed by atoms with E-state index in [4.69, 9.17) is 0 Å². The fourth-order valence-corrected chi connectivity index (χ4v) is 2.02. The van der Waals surface area contributed by atoms with Gasteiger partial charge in [-0.3, -0.25) is 0 Å². The summed E-state index contributed by atoms with van der Waals surface area (Å²) in [4.78, 5) is 0. The predicted octanol–water partition coefficient (Wildman–Crippen LogP) is 2.76. The number of rotatable bonds is 5. The second-order valence-corrected chi connectivity index (χ2v) is 4.58. The average molecular weight is 207 g/mol. The maximum atomic E-state index is 12.7. The molecule has 1 N–H and O–H groups in total. The minimum atomic E-state index is -0.143. The Kier molecular flexibility index (Phi) is 3.06. The van der Waals surface area contributed by atoms with Crippen molar-refractivity contribution in [3.8, 4) is 0 Å². The fourth-order valence-electron chi connectivity index (χ4n) is 2.02. The number of halogens is 1. The molecule has 0 radical (unpaired) electrons. The van der Waals surface area contributed by atoms with Gasteiger partial charge in [-0.05, 0) is 48.9 Å². The molecule has 0 unspecified atom stereocenters. The highest BCUT2D eigenvalue weighted by Crippen LogP contribution is 2.47. The molecule has 0 aromatic heterocycles. The van der Waals surface area contributed by atoms with Crippen molar-refractivity contribution in [2.24, 2.45) is 5.41 Å². The van der Waals surface area contributed by atoms with Crippen LogP contribution in [0.4, 0.5) is 4.39 Å². The van der Waals surface area contributed by atoms with E-state index < -0.39 is 0 Å². The molecular formula is C13H18FN. The van der Waals surface area contributed by atoms with Crippen molar-refractivity contribution in [3.63, 3.8) is 0 Å². The van der Waals surface area contributed by atoms with Gasteiger partial charge in [0, 0.05) is 6.54 Å². The quantitative estimate of drug-likeness (QED) is 0.783. The van der Waals surface area contributed by atoms with Gasteiger partial charge in [0.2, 0.25) is 0 Å². The van der Waals surface area contributed by atoms with Gasteiger partial charge in [0.25, 0.3) is 0 Å². The molecule has 0 bridgehead atoms. The normalized spacial score (nSPS) is 17.7. The molecule has 0 spiro atoms. The zero-order valence-corrected chi connectivity index (χ0v) is 9.22. The third-order valence-corrected chi connectivity index (χ3v) is 3.20. The molecule has 1 aromatic rings. The van der Waals surface area contributed by atoms with Crippen molar-refractivity contribution in [3.05, 3.63) is 35.6 Å². The van der Waals surface area contributed by atoms with Gasteiger partial charge in [0.1, 0.15) is 5.82 Å². The van der Waals surface area contributed by atoms with Crippen LogP contribution in [-0.2, 0) is 6.42 Å². The molecule has 2 rings (SSSR count). The van der Waals surface area contributed by atoms with E-state index in [1.165, 1.54) is 18.4 Å². The molecule has 1 fully saturated rings. The van der Waals surface area contributed by atoms with Crippen molar-refractivity contribution >= 4 is 0 Å². The lowest BCUT2D eigenvalue weighted by molar-refractivity contribution is 0.462. The fraction of sp³-hybridized carbons (Fsp3) is 0.538. The second kappa shape index (κ2) is 4.31. The summed E-state index contributed by atoms with van der Waals surface area (Å²) in [7, 11) is 0. The van der Waals surface area contributed by atoms with Gasteiger partial charge in [-0.15, -0.1) is 0 Å². The van der Waals surface area contributed by atoms with Crippen molar-refractivity contribution in [1.29, 1.82) is 0 Å². The first-order chi connectivity index (χ1) is 7.24. The zero-order chi connectivity index (χ0) is 10.7. The van der Waals surface area contributed by atoms with E-state index in [2.05, 4.69) is 12.2 Å². The molecule has 1 aliphatic carbocycles. The summed E-state index contributed by atoms with van der Waals surface area (Å²) in [5.41, 5.74) is 1.72. The highest BCUT2D eigenvalue weighted by atomic mass is 19.1. The van der Waals surface area contributed by atoms with Crippen molar-refractivity contribution < 1.29 is 4.39 Å². The van der Waals surface area contributed by atoms with Gasteiger partial charge in [-0.2, -0.15) is 0 Å². The monoisotopic (exact) mass is 207 g/mol. The Morgan fingerprint density at radius 3 is 2.47 bits per heavy atom. The molecule has 2 heteroatoms. The Morgan fingerprint density at radius 2 is 1.93 bits per heavy atom. The average Bonchev–Trinajstić information content (AvgIpc) is 3.00. The van der Waals surface area contributed by atoms with Crippen LogP contribution in [0, 0.1) is 11.2 Å². The van der Waals surface area contributed by atoms with Crippen LogP contribution < -0.4 is 5.32 Å². The van der Waals surface area contributed by atoms with Gasteiger partial charge in [-0.25, -0.2) is 4.39 Å². The predicted molar refractivity (Wildman–Crippen MR) is 60.3 cm³/mol. The third kappa shape index (κ3) is 2.78.